The van der Waals surface area contributed by atoms with Crippen molar-refractivity contribution in [3.63, 3.8) is 0 Å². The van der Waals surface area contributed by atoms with E-state index in [1.807, 2.05) is 25.1 Å². The summed E-state index contributed by atoms with van der Waals surface area (Å²) in [5.74, 6) is 1.47. The number of ether oxygens (including phenoxy) is 1. The Hall–Kier alpha value is -1.88. The highest BCUT2D eigenvalue weighted by molar-refractivity contribution is 5.19. The van der Waals surface area contributed by atoms with Crippen LogP contribution in [0, 0.1) is 6.92 Å². The van der Waals surface area contributed by atoms with Gasteiger partial charge in [0.1, 0.15) is 12.4 Å². The van der Waals surface area contributed by atoms with Crippen LogP contribution in [0.3, 0.4) is 0 Å². The first-order valence-electron chi connectivity index (χ1n) is 6.53. The van der Waals surface area contributed by atoms with Gasteiger partial charge in [0.15, 0.2) is 5.76 Å². The van der Waals surface area contributed by atoms with Crippen molar-refractivity contribution in [2.45, 2.75) is 39.0 Å². The third kappa shape index (κ3) is 3.54. The molecule has 5 nitrogen and oxygen atoms in total. The van der Waals surface area contributed by atoms with E-state index in [4.69, 9.17) is 9.26 Å². The van der Waals surface area contributed by atoms with Crippen LogP contribution in [0.5, 0.6) is 5.75 Å². The summed E-state index contributed by atoms with van der Waals surface area (Å²) in [4.78, 5) is 4.17. The summed E-state index contributed by atoms with van der Waals surface area (Å²) in [5.41, 5.74) is 1.90. The molecule has 0 amide bonds. The van der Waals surface area contributed by atoms with E-state index in [1.54, 1.807) is 6.20 Å². The van der Waals surface area contributed by atoms with Crippen LogP contribution < -0.4 is 10.1 Å². The molecule has 0 spiro atoms. The molecule has 2 aromatic rings. The number of aromatic nitrogens is 2. The van der Waals surface area contributed by atoms with E-state index in [1.165, 1.54) is 12.8 Å². The summed E-state index contributed by atoms with van der Waals surface area (Å²) in [6.07, 6.45) is 4.25. The Kier molecular flexibility index (Phi) is 3.46. The third-order valence-electron chi connectivity index (χ3n) is 3.02. The molecule has 3 rings (SSSR count). The Balaban J connectivity index is 1.50. The maximum atomic E-state index is 5.58. The van der Waals surface area contributed by atoms with Gasteiger partial charge in [-0.2, -0.15) is 0 Å². The molecule has 1 N–H and O–H groups in total. The predicted octanol–water partition coefficient (Wildman–Crippen LogP) is 2.21. The molecule has 0 bridgehead atoms. The monoisotopic (exact) mass is 259 g/mol. The molecule has 0 unspecified atom stereocenters. The molecule has 1 aliphatic rings. The van der Waals surface area contributed by atoms with Crippen LogP contribution >= 0.6 is 0 Å². The van der Waals surface area contributed by atoms with Gasteiger partial charge in [0, 0.05) is 24.3 Å². The highest BCUT2D eigenvalue weighted by atomic mass is 16.5. The van der Waals surface area contributed by atoms with Crippen molar-refractivity contribution >= 4 is 0 Å². The lowest BCUT2D eigenvalue weighted by Crippen LogP contribution is -2.15. The minimum Gasteiger partial charge on any atom is -0.484 e. The molecule has 0 atom stereocenters. The first-order valence-corrected chi connectivity index (χ1v) is 6.53. The van der Waals surface area contributed by atoms with E-state index in [9.17, 15) is 0 Å². The fourth-order valence-electron chi connectivity index (χ4n) is 1.74. The summed E-state index contributed by atoms with van der Waals surface area (Å²) in [6, 6.07) is 6.42. The topological polar surface area (TPSA) is 60.2 Å². The van der Waals surface area contributed by atoms with Crippen molar-refractivity contribution in [2.24, 2.45) is 0 Å². The number of pyridine rings is 1. The van der Waals surface area contributed by atoms with Gasteiger partial charge in [0.25, 0.3) is 0 Å². The van der Waals surface area contributed by atoms with Gasteiger partial charge in [-0.1, -0.05) is 5.16 Å². The second-order valence-electron chi connectivity index (χ2n) is 4.86. The lowest BCUT2D eigenvalue weighted by molar-refractivity contribution is 0.247. The van der Waals surface area contributed by atoms with Gasteiger partial charge < -0.3 is 14.6 Å². The normalized spacial score (nSPS) is 14.6. The quantitative estimate of drug-likeness (QED) is 0.861. The first-order chi connectivity index (χ1) is 9.29. The summed E-state index contributed by atoms with van der Waals surface area (Å²) < 4.78 is 10.8. The minimum atomic E-state index is 0.376. The Morgan fingerprint density at radius 1 is 1.42 bits per heavy atom. The van der Waals surface area contributed by atoms with Crippen LogP contribution in [0.4, 0.5) is 0 Å². The highest BCUT2D eigenvalue weighted by Crippen LogP contribution is 2.19. The van der Waals surface area contributed by atoms with Gasteiger partial charge in [0.05, 0.1) is 11.9 Å². The van der Waals surface area contributed by atoms with Crippen molar-refractivity contribution < 1.29 is 9.26 Å². The molecule has 0 aromatic carbocycles. The van der Waals surface area contributed by atoms with Crippen LogP contribution in [0.25, 0.3) is 0 Å². The minimum absolute atomic E-state index is 0.376. The van der Waals surface area contributed by atoms with E-state index in [-0.39, 0.29) is 0 Å². The molecule has 1 aliphatic carbocycles. The van der Waals surface area contributed by atoms with Crippen LogP contribution in [-0.2, 0) is 13.2 Å². The second-order valence-corrected chi connectivity index (χ2v) is 4.86. The summed E-state index contributed by atoms with van der Waals surface area (Å²) in [6.45, 7) is 3.08. The molecule has 2 heterocycles. The number of nitrogens with zero attached hydrogens (tertiary/aromatic N) is 2. The standard InChI is InChI=1S/C14H17N3O2/c1-10-2-5-13(8-15-10)18-9-14-6-12(17-19-14)7-16-11-3-4-11/h2,5-6,8,11,16H,3-4,7,9H2,1H3. The van der Waals surface area contributed by atoms with Crippen LogP contribution in [0.2, 0.25) is 0 Å². The molecular formula is C14H17N3O2. The Bertz CT molecular complexity index is 532. The molecule has 0 aliphatic heterocycles. The molecule has 19 heavy (non-hydrogen) atoms. The summed E-state index contributed by atoms with van der Waals surface area (Å²) in [5, 5.41) is 7.40. The van der Waals surface area contributed by atoms with Gasteiger partial charge >= 0.3 is 0 Å². The number of rotatable bonds is 6. The summed E-state index contributed by atoms with van der Waals surface area (Å²) in [7, 11) is 0. The maximum absolute atomic E-state index is 5.58. The molecular weight excluding hydrogens is 242 g/mol. The van der Waals surface area contributed by atoms with E-state index in [2.05, 4.69) is 15.5 Å². The van der Waals surface area contributed by atoms with E-state index < -0.39 is 0 Å². The lowest BCUT2D eigenvalue weighted by atomic mass is 10.3. The molecule has 0 radical (unpaired) electrons. The van der Waals surface area contributed by atoms with Crippen molar-refractivity contribution in [1.29, 1.82) is 0 Å². The second kappa shape index (κ2) is 5.40. The van der Waals surface area contributed by atoms with Gasteiger partial charge in [-0.25, -0.2) is 0 Å². The van der Waals surface area contributed by atoms with Crippen LogP contribution in [0.15, 0.2) is 28.9 Å². The molecule has 0 saturated heterocycles. The zero-order valence-electron chi connectivity index (χ0n) is 10.9. The molecule has 1 fully saturated rings. The van der Waals surface area contributed by atoms with E-state index >= 15 is 0 Å². The van der Waals surface area contributed by atoms with Crippen molar-refractivity contribution in [3.05, 3.63) is 41.5 Å². The number of aryl methyl sites for hydroxylation is 1. The number of hydrogen-bond acceptors (Lipinski definition) is 5. The Morgan fingerprint density at radius 2 is 2.32 bits per heavy atom. The summed E-state index contributed by atoms with van der Waals surface area (Å²) >= 11 is 0. The fraction of sp³-hybridized carbons (Fsp3) is 0.429. The average Bonchev–Trinajstić information content (AvgIpc) is 3.15. The Labute approximate surface area is 112 Å². The number of hydrogen-bond donors (Lipinski definition) is 1. The molecule has 2 aromatic heterocycles. The van der Waals surface area contributed by atoms with Gasteiger partial charge in [-0.05, 0) is 31.9 Å². The predicted molar refractivity (Wildman–Crippen MR) is 69.7 cm³/mol. The molecule has 100 valence electrons. The highest BCUT2D eigenvalue weighted by Gasteiger charge is 2.20. The third-order valence-corrected chi connectivity index (χ3v) is 3.02. The van der Waals surface area contributed by atoms with Crippen LogP contribution in [0.1, 0.15) is 30.0 Å². The fourth-order valence-corrected chi connectivity index (χ4v) is 1.74. The van der Waals surface area contributed by atoms with Crippen LogP contribution in [-0.4, -0.2) is 16.2 Å². The van der Waals surface area contributed by atoms with Gasteiger partial charge in [-0.3, -0.25) is 4.98 Å². The Morgan fingerprint density at radius 3 is 3.05 bits per heavy atom. The van der Waals surface area contributed by atoms with E-state index in [0.717, 1.165) is 29.4 Å². The first kappa shape index (κ1) is 12.2. The number of nitrogens with one attached hydrogen (secondary N) is 1. The van der Waals surface area contributed by atoms with Crippen molar-refractivity contribution in [1.82, 2.24) is 15.5 Å². The molecule has 1 saturated carbocycles. The SMILES string of the molecule is Cc1ccc(OCc2cc(CNC3CC3)no2)cn1. The van der Waals surface area contributed by atoms with Crippen molar-refractivity contribution in [2.75, 3.05) is 0 Å². The maximum Gasteiger partial charge on any atom is 0.174 e. The smallest absolute Gasteiger partial charge is 0.174 e. The largest absolute Gasteiger partial charge is 0.484 e. The average molecular weight is 259 g/mol. The lowest BCUT2D eigenvalue weighted by Gasteiger charge is -2.02. The zero-order valence-corrected chi connectivity index (χ0v) is 10.9. The van der Waals surface area contributed by atoms with Gasteiger partial charge in [-0.15, -0.1) is 0 Å². The zero-order chi connectivity index (χ0) is 13.1. The van der Waals surface area contributed by atoms with Gasteiger partial charge in [0.2, 0.25) is 0 Å². The van der Waals surface area contributed by atoms with Crippen molar-refractivity contribution in [3.8, 4) is 5.75 Å². The molecule has 5 heteroatoms. The van der Waals surface area contributed by atoms with E-state index in [0.29, 0.717) is 12.6 Å².